The predicted octanol–water partition coefficient (Wildman–Crippen LogP) is -0.436. The molecule has 2 unspecified atom stereocenters. The van der Waals surface area contributed by atoms with E-state index < -0.39 is 12.0 Å². The van der Waals surface area contributed by atoms with Gasteiger partial charge in [0.15, 0.2) is 18.9 Å². The van der Waals surface area contributed by atoms with Gasteiger partial charge in [0.25, 0.3) is 0 Å². The van der Waals surface area contributed by atoms with Crippen LogP contribution in [0.25, 0.3) is 0 Å². The van der Waals surface area contributed by atoms with Gasteiger partial charge in [0.05, 0.1) is 7.11 Å². The summed E-state index contributed by atoms with van der Waals surface area (Å²) in [6, 6.07) is 2.99. The van der Waals surface area contributed by atoms with Crippen LogP contribution in [0.3, 0.4) is 0 Å². The zero-order chi connectivity index (χ0) is 15.9. The lowest BCUT2D eigenvalue weighted by molar-refractivity contribution is -0.689. The van der Waals surface area contributed by atoms with Gasteiger partial charge in [-0.3, -0.25) is 9.69 Å². The Hall–Kier alpha value is -2.06. The van der Waals surface area contributed by atoms with Gasteiger partial charge in [-0.25, -0.2) is 9.36 Å². The van der Waals surface area contributed by atoms with E-state index in [0.717, 1.165) is 5.75 Å². The first-order valence-corrected chi connectivity index (χ1v) is 7.76. The number of carboxylic acids is 1. The highest BCUT2D eigenvalue weighted by atomic mass is 32.2. The van der Waals surface area contributed by atoms with Gasteiger partial charge in [0, 0.05) is 23.5 Å². The maximum atomic E-state index is 11.9. The smallest absolute Gasteiger partial charge is 0.352 e. The molecule has 3 heterocycles. The standard InChI is InChI=1S/C14H15N3O4S/c1-21-9-2-4-16(5-3-9)6-8-7-22-13-10(15)12(18)17(13)11(8)14(19)20/h2-5,10,13H,6-7,15H2,1H3/p+1. The fourth-order valence-corrected chi connectivity index (χ4v) is 3.89. The molecule has 1 aromatic heterocycles. The van der Waals surface area contributed by atoms with Crippen LogP contribution in [0.1, 0.15) is 0 Å². The highest BCUT2D eigenvalue weighted by Crippen LogP contribution is 2.39. The van der Waals surface area contributed by atoms with Crippen LogP contribution in [-0.4, -0.2) is 46.2 Å². The van der Waals surface area contributed by atoms with E-state index in [1.54, 1.807) is 19.2 Å². The van der Waals surface area contributed by atoms with Gasteiger partial charge < -0.3 is 15.6 Å². The number of β-lactam (4-membered cyclic amide) rings is 1. The first-order valence-electron chi connectivity index (χ1n) is 6.71. The van der Waals surface area contributed by atoms with E-state index in [1.165, 1.54) is 16.7 Å². The van der Waals surface area contributed by atoms with Gasteiger partial charge in [-0.15, -0.1) is 11.8 Å². The number of nitrogens with zero attached hydrogens (tertiary/aromatic N) is 2. The third-order valence-corrected chi connectivity index (χ3v) is 5.12. The molecule has 116 valence electrons. The molecule has 1 aromatic rings. The first kappa shape index (κ1) is 14.9. The van der Waals surface area contributed by atoms with E-state index in [2.05, 4.69) is 0 Å². The molecule has 2 aliphatic rings. The van der Waals surface area contributed by atoms with Crippen LogP contribution in [-0.2, 0) is 16.1 Å². The van der Waals surface area contributed by atoms with Gasteiger partial charge in [-0.05, 0) is 0 Å². The van der Waals surface area contributed by atoms with Crippen LogP contribution in [0.5, 0.6) is 5.75 Å². The number of hydrogen-bond acceptors (Lipinski definition) is 5. The van der Waals surface area contributed by atoms with Gasteiger partial charge in [-0.2, -0.15) is 0 Å². The molecule has 1 amide bonds. The zero-order valence-corrected chi connectivity index (χ0v) is 12.7. The van der Waals surface area contributed by atoms with Crippen molar-refractivity contribution in [3.63, 3.8) is 0 Å². The van der Waals surface area contributed by atoms with Crippen molar-refractivity contribution < 1.29 is 24.0 Å². The van der Waals surface area contributed by atoms with Crippen molar-refractivity contribution in [2.24, 2.45) is 5.73 Å². The molecule has 7 nitrogen and oxygen atoms in total. The van der Waals surface area contributed by atoms with Crippen molar-refractivity contribution in [3.8, 4) is 5.75 Å². The van der Waals surface area contributed by atoms with Crippen LogP contribution < -0.4 is 15.0 Å². The van der Waals surface area contributed by atoms with Crippen LogP contribution >= 0.6 is 11.8 Å². The Morgan fingerprint density at radius 1 is 1.55 bits per heavy atom. The monoisotopic (exact) mass is 322 g/mol. The Labute approximate surface area is 131 Å². The first-order chi connectivity index (χ1) is 10.5. The molecule has 0 radical (unpaired) electrons. The number of carbonyl (C=O) groups excluding carboxylic acids is 1. The molecular formula is C14H16N3O4S+. The van der Waals surface area contributed by atoms with Gasteiger partial charge in [0.1, 0.15) is 22.9 Å². The van der Waals surface area contributed by atoms with Crippen molar-refractivity contribution in [1.29, 1.82) is 0 Å². The number of carboxylic acid groups (broad SMARTS) is 1. The Bertz CT molecular complexity index is 659. The molecule has 3 N–H and O–H groups in total. The summed E-state index contributed by atoms with van der Waals surface area (Å²) in [7, 11) is 1.58. The van der Waals surface area contributed by atoms with E-state index in [4.69, 9.17) is 10.5 Å². The third kappa shape index (κ3) is 2.34. The number of aromatic nitrogens is 1. The maximum absolute atomic E-state index is 11.9. The number of nitrogens with two attached hydrogens (primary N) is 1. The number of thioether (sulfide) groups is 1. The van der Waals surface area contributed by atoms with Crippen molar-refractivity contribution in [2.45, 2.75) is 18.0 Å². The van der Waals surface area contributed by atoms with Gasteiger partial charge in [0.2, 0.25) is 5.91 Å². The lowest BCUT2D eigenvalue weighted by atomic mass is 10.0. The summed E-state index contributed by atoms with van der Waals surface area (Å²) in [5.41, 5.74) is 6.49. The summed E-state index contributed by atoms with van der Waals surface area (Å²) in [5, 5.41) is 9.20. The number of aliphatic carboxylic acids is 1. The molecule has 2 atom stereocenters. The molecule has 2 aliphatic heterocycles. The second kappa shape index (κ2) is 5.62. The fourth-order valence-electron chi connectivity index (χ4n) is 2.61. The van der Waals surface area contributed by atoms with Crippen molar-refractivity contribution in [1.82, 2.24) is 4.90 Å². The minimum atomic E-state index is -1.09. The van der Waals surface area contributed by atoms with Crippen LogP contribution in [0.4, 0.5) is 0 Å². The number of rotatable bonds is 4. The van der Waals surface area contributed by atoms with Crippen molar-refractivity contribution in [2.75, 3.05) is 12.9 Å². The Morgan fingerprint density at radius 2 is 2.23 bits per heavy atom. The topological polar surface area (TPSA) is 96.7 Å². The molecule has 0 saturated carbocycles. The molecular weight excluding hydrogens is 306 g/mol. The van der Waals surface area contributed by atoms with Gasteiger partial charge in [-0.1, -0.05) is 0 Å². The lowest BCUT2D eigenvalue weighted by Gasteiger charge is -2.47. The third-order valence-electron chi connectivity index (χ3n) is 3.76. The number of ether oxygens (including phenoxy) is 1. The number of pyridine rings is 1. The minimum absolute atomic E-state index is 0.0683. The summed E-state index contributed by atoms with van der Waals surface area (Å²) in [4.78, 5) is 24.7. The van der Waals surface area contributed by atoms with Crippen LogP contribution in [0.15, 0.2) is 35.8 Å². The lowest BCUT2D eigenvalue weighted by Crippen LogP contribution is -2.68. The quantitative estimate of drug-likeness (QED) is 0.576. The number of fused-ring (bicyclic) bond motifs is 1. The average molecular weight is 322 g/mol. The molecule has 3 rings (SSSR count). The molecule has 0 bridgehead atoms. The summed E-state index contributed by atoms with van der Waals surface area (Å²) < 4.78 is 6.95. The van der Waals surface area contributed by atoms with Crippen LogP contribution in [0.2, 0.25) is 0 Å². The number of carbonyl (C=O) groups is 2. The van der Waals surface area contributed by atoms with E-state index in [0.29, 0.717) is 17.9 Å². The second-order valence-electron chi connectivity index (χ2n) is 5.10. The van der Waals surface area contributed by atoms with E-state index in [-0.39, 0.29) is 17.0 Å². The second-order valence-corrected chi connectivity index (χ2v) is 6.21. The summed E-state index contributed by atoms with van der Waals surface area (Å²) in [6.45, 7) is 0.407. The maximum Gasteiger partial charge on any atom is 0.352 e. The molecule has 8 heteroatoms. The van der Waals surface area contributed by atoms with Crippen molar-refractivity contribution in [3.05, 3.63) is 35.8 Å². The molecule has 0 spiro atoms. The zero-order valence-electron chi connectivity index (χ0n) is 11.9. The summed E-state index contributed by atoms with van der Waals surface area (Å²) >= 11 is 1.50. The highest BCUT2D eigenvalue weighted by Gasteiger charge is 2.52. The Morgan fingerprint density at radius 3 is 2.82 bits per heavy atom. The van der Waals surface area contributed by atoms with Crippen molar-refractivity contribution >= 4 is 23.6 Å². The summed E-state index contributed by atoms with van der Waals surface area (Å²) in [6.07, 6.45) is 3.62. The molecule has 22 heavy (non-hydrogen) atoms. The predicted molar refractivity (Wildman–Crippen MR) is 78.9 cm³/mol. The molecule has 1 fully saturated rings. The van der Waals surface area contributed by atoms with E-state index in [9.17, 15) is 14.7 Å². The minimum Gasteiger partial charge on any atom is -0.496 e. The molecule has 0 aromatic carbocycles. The largest absolute Gasteiger partial charge is 0.496 e. The summed E-state index contributed by atoms with van der Waals surface area (Å²) in [5.74, 6) is -0.143. The number of hydrogen-bond donors (Lipinski definition) is 2. The Balaban J connectivity index is 1.89. The highest BCUT2D eigenvalue weighted by molar-refractivity contribution is 8.00. The Kier molecular flexibility index (Phi) is 3.79. The fraction of sp³-hybridized carbons (Fsp3) is 0.357. The number of methoxy groups -OCH3 is 1. The van der Waals surface area contributed by atoms with E-state index in [1.807, 2.05) is 17.0 Å². The SMILES string of the molecule is COc1cc[n+](CC2=C(C(=O)O)N3C(=O)C(N)C3SC2)cc1. The average Bonchev–Trinajstić information content (AvgIpc) is 2.54. The number of amides is 1. The molecule has 0 aliphatic carbocycles. The normalized spacial score (nSPS) is 23.9. The van der Waals surface area contributed by atoms with Crippen LogP contribution in [0, 0.1) is 0 Å². The van der Waals surface area contributed by atoms with E-state index >= 15 is 0 Å². The van der Waals surface area contributed by atoms with Gasteiger partial charge >= 0.3 is 5.97 Å². The molecule has 1 saturated heterocycles.